The van der Waals surface area contributed by atoms with Gasteiger partial charge in [-0.3, -0.25) is 4.57 Å². The molecule has 1 saturated heterocycles. The molecule has 12 heteroatoms. The normalized spacial score (nSPS) is 22.5. The second-order valence-electron chi connectivity index (χ2n) is 9.89. The largest absolute Gasteiger partial charge is 0.416 e. The number of nitrogens with zero attached hydrogens (tertiary/aromatic N) is 4. The highest BCUT2D eigenvalue weighted by molar-refractivity contribution is 5.77. The highest BCUT2D eigenvalue weighted by Gasteiger charge is 2.32. The zero-order valence-corrected chi connectivity index (χ0v) is 19.9. The molecule has 2 fully saturated rings. The second kappa shape index (κ2) is 9.47. The summed E-state index contributed by atoms with van der Waals surface area (Å²) in [7, 11) is 0. The topological polar surface area (TPSA) is 103 Å². The number of hydrogen-bond acceptors (Lipinski definition) is 7. The molecule has 0 amide bonds. The first kappa shape index (κ1) is 24.7. The number of fused-ring (bicyclic) bond motifs is 1. The summed E-state index contributed by atoms with van der Waals surface area (Å²) in [5.74, 6) is -0.169. The van der Waals surface area contributed by atoms with Crippen molar-refractivity contribution in [2.45, 2.75) is 69.2 Å². The van der Waals surface area contributed by atoms with Gasteiger partial charge >= 0.3 is 6.18 Å². The van der Waals surface area contributed by atoms with Crippen molar-refractivity contribution in [1.82, 2.24) is 19.5 Å². The fourth-order valence-electron chi connectivity index (χ4n) is 4.88. The summed E-state index contributed by atoms with van der Waals surface area (Å²) < 4.78 is 61.7. The monoisotopic (exact) mass is 507 g/mol. The van der Waals surface area contributed by atoms with E-state index in [1.165, 1.54) is 0 Å². The Bertz CT molecular complexity index is 1230. The smallest absolute Gasteiger partial charge is 0.381 e. The van der Waals surface area contributed by atoms with Crippen molar-refractivity contribution in [3.05, 3.63) is 35.8 Å². The van der Waals surface area contributed by atoms with Crippen molar-refractivity contribution in [2.75, 3.05) is 23.8 Å². The quantitative estimate of drug-likeness (QED) is 0.411. The highest BCUT2D eigenvalue weighted by atomic mass is 19.4. The number of hydrogen-bond donors (Lipinski definition) is 3. The third kappa shape index (κ3) is 5.10. The molecule has 36 heavy (non-hydrogen) atoms. The van der Waals surface area contributed by atoms with Crippen LogP contribution in [0, 0.1) is 5.82 Å². The Morgan fingerprint density at radius 3 is 2.53 bits per heavy atom. The molecule has 4 N–H and O–H groups in total. The van der Waals surface area contributed by atoms with E-state index >= 15 is 0 Å². The van der Waals surface area contributed by atoms with E-state index in [2.05, 4.69) is 27.5 Å². The molecule has 2 aromatic heterocycles. The van der Waals surface area contributed by atoms with Gasteiger partial charge in [0.2, 0.25) is 11.9 Å². The lowest BCUT2D eigenvalue weighted by molar-refractivity contribution is -0.137. The molecule has 5 rings (SSSR count). The standard InChI is InChI=1S/C24H29F4N7O/c1-23(8-10-36-11-9-23)34-21-30-13-19-20(33-21)35(16-5-3-15(29)4-6-16)22(32-19)31-18-12-14(24(26,27)28)2-7-17(18)25/h2,7,12-13,15-16H,3-6,8-11,29H2,1H3,(H,31,32)(H,30,33,34). The lowest BCUT2D eigenvalue weighted by Crippen LogP contribution is -2.41. The molecule has 1 saturated carbocycles. The number of ether oxygens (including phenoxy) is 1. The molecule has 1 aromatic carbocycles. The molecule has 0 radical (unpaired) electrons. The van der Waals surface area contributed by atoms with Crippen molar-refractivity contribution in [3.63, 3.8) is 0 Å². The van der Waals surface area contributed by atoms with Gasteiger partial charge in [-0.1, -0.05) is 0 Å². The fraction of sp³-hybridized carbons (Fsp3) is 0.542. The van der Waals surface area contributed by atoms with E-state index in [9.17, 15) is 17.6 Å². The van der Waals surface area contributed by atoms with Crippen molar-refractivity contribution in [1.29, 1.82) is 0 Å². The SMILES string of the molecule is CC1(Nc2ncc3nc(Nc4cc(C(F)(F)F)ccc4F)n(C4CCC(N)CC4)c3n2)CCOCC1. The molecule has 1 aliphatic heterocycles. The molecule has 3 heterocycles. The molecule has 1 aliphatic carbocycles. The van der Waals surface area contributed by atoms with Gasteiger partial charge < -0.3 is 21.1 Å². The number of nitrogens with one attached hydrogen (secondary N) is 2. The summed E-state index contributed by atoms with van der Waals surface area (Å²) >= 11 is 0. The maximum atomic E-state index is 14.6. The van der Waals surface area contributed by atoms with Gasteiger partial charge in [0.1, 0.15) is 11.3 Å². The van der Waals surface area contributed by atoms with Crippen LogP contribution in [0.15, 0.2) is 24.4 Å². The minimum absolute atomic E-state index is 0.0485. The van der Waals surface area contributed by atoms with E-state index in [4.69, 9.17) is 15.5 Å². The summed E-state index contributed by atoms with van der Waals surface area (Å²) in [4.78, 5) is 13.7. The first-order chi connectivity index (χ1) is 17.1. The highest BCUT2D eigenvalue weighted by Crippen LogP contribution is 2.37. The molecular weight excluding hydrogens is 478 g/mol. The van der Waals surface area contributed by atoms with Gasteiger partial charge in [0, 0.05) is 30.8 Å². The number of anilines is 3. The van der Waals surface area contributed by atoms with Crippen LogP contribution in [0.1, 0.15) is 57.1 Å². The molecule has 8 nitrogen and oxygen atoms in total. The number of nitrogens with two attached hydrogens (primary N) is 1. The third-order valence-corrected chi connectivity index (χ3v) is 7.09. The van der Waals surface area contributed by atoms with Crippen LogP contribution in [0.25, 0.3) is 11.2 Å². The van der Waals surface area contributed by atoms with Gasteiger partial charge in [-0.15, -0.1) is 0 Å². The van der Waals surface area contributed by atoms with Gasteiger partial charge in [-0.25, -0.2) is 14.4 Å². The van der Waals surface area contributed by atoms with Gasteiger partial charge in [0.05, 0.1) is 17.4 Å². The summed E-state index contributed by atoms with van der Waals surface area (Å²) in [5, 5.41) is 6.21. The Labute approximate surface area is 205 Å². The molecule has 0 spiro atoms. The van der Waals surface area contributed by atoms with Crippen LogP contribution in [-0.2, 0) is 10.9 Å². The predicted octanol–water partition coefficient (Wildman–Crippen LogP) is 5.15. The third-order valence-electron chi connectivity index (χ3n) is 7.09. The number of imidazole rings is 1. The Kier molecular flexibility index (Phi) is 6.50. The Morgan fingerprint density at radius 2 is 1.83 bits per heavy atom. The summed E-state index contributed by atoms with van der Waals surface area (Å²) in [6, 6.07) is 2.31. The maximum Gasteiger partial charge on any atom is 0.416 e. The van der Waals surface area contributed by atoms with E-state index in [0.29, 0.717) is 36.4 Å². The average Bonchev–Trinajstić information content (AvgIpc) is 3.17. The van der Waals surface area contributed by atoms with Crippen LogP contribution < -0.4 is 16.4 Å². The minimum Gasteiger partial charge on any atom is -0.381 e. The van der Waals surface area contributed by atoms with E-state index in [1.807, 2.05) is 4.57 Å². The zero-order chi connectivity index (χ0) is 25.5. The van der Waals surface area contributed by atoms with E-state index in [-0.39, 0.29) is 29.3 Å². The lowest BCUT2D eigenvalue weighted by atomic mass is 9.91. The van der Waals surface area contributed by atoms with E-state index in [0.717, 1.165) is 50.7 Å². The molecule has 3 aromatic rings. The molecular formula is C24H29F4N7O. The van der Waals surface area contributed by atoms with Gasteiger partial charge in [0.15, 0.2) is 5.65 Å². The van der Waals surface area contributed by atoms with Crippen LogP contribution in [0.2, 0.25) is 0 Å². The zero-order valence-electron chi connectivity index (χ0n) is 19.9. The molecule has 0 bridgehead atoms. The number of alkyl halides is 3. The van der Waals surface area contributed by atoms with Crippen LogP contribution in [-0.4, -0.2) is 44.3 Å². The number of benzene rings is 1. The maximum absolute atomic E-state index is 14.6. The van der Waals surface area contributed by atoms with Crippen molar-refractivity contribution < 1.29 is 22.3 Å². The van der Waals surface area contributed by atoms with Gasteiger partial charge in [-0.05, 0) is 63.6 Å². The number of aromatic nitrogens is 4. The first-order valence-corrected chi connectivity index (χ1v) is 12.1. The fourth-order valence-corrected chi connectivity index (χ4v) is 4.88. The van der Waals surface area contributed by atoms with Crippen LogP contribution in [0.4, 0.5) is 35.1 Å². The van der Waals surface area contributed by atoms with Gasteiger partial charge in [0.25, 0.3) is 0 Å². The van der Waals surface area contributed by atoms with Crippen molar-refractivity contribution in [2.24, 2.45) is 5.73 Å². The average molecular weight is 508 g/mol. The second-order valence-corrected chi connectivity index (χ2v) is 9.89. The van der Waals surface area contributed by atoms with E-state index in [1.54, 1.807) is 6.20 Å². The summed E-state index contributed by atoms with van der Waals surface area (Å²) in [6.07, 6.45) is 1.64. The number of rotatable bonds is 5. The van der Waals surface area contributed by atoms with Crippen LogP contribution in [0.5, 0.6) is 0 Å². The van der Waals surface area contributed by atoms with Crippen LogP contribution in [0.3, 0.4) is 0 Å². The Morgan fingerprint density at radius 1 is 1.11 bits per heavy atom. The predicted molar refractivity (Wildman–Crippen MR) is 128 cm³/mol. The summed E-state index contributed by atoms with van der Waals surface area (Å²) in [5.41, 5.74) is 5.60. The Hall–Kier alpha value is -2.99. The Balaban J connectivity index is 1.54. The molecule has 0 atom stereocenters. The lowest BCUT2D eigenvalue weighted by Gasteiger charge is -2.34. The minimum atomic E-state index is -4.60. The summed E-state index contributed by atoms with van der Waals surface area (Å²) in [6.45, 7) is 3.37. The number of halogens is 4. The van der Waals surface area contributed by atoms with Gasteiger partial charge in [-0.2, -0.15) is 18.2 Å². The first-order valence-electron chi connectivity index (χ1n) is 12.1. The molecule has 0 unspecified atom stereocenters. The van der Waals surface area contributed by atoms with Crippen molar-refractivity contribution in [3.8, 4) is 0 Å². The molecule has 194 valence electrons. The van der Waals surface area contributed by atoms with Crippen molar-refractivity contribution >= 4 is 28.7 Å². The molecule has 2 aliphatic rings. The van der Waals surface area contributed by atoms with Crippen LogP contribution >= 0.6 is 0 Å². The van der Waals surface area contributed by atoms with E-state index < -0.39 is 17.6 Å².